The molecule has 0 aromatic heterocycles. The van der Waals surface area contributed by atoms with E-state index in [4.69, 9.17) is 28.0 Å². The molecule has 1 aromatic carbocycles. The number of hydrazone groups is 1. The molecule has 0 unspecified atom stereocenters. The zero-order chi connectivity index (χ0) is 16.3. The first-order chi connectivity index (χ1) is 9.72. The van der Waals surface area contributed by atoms with Crippen molar-refractivity contribution < 1.29 is 22.3 Å². The summed E-state index contributed by atoms with van der Waals surface area (Å²) in [5.41, 5.74) is 9.12. The highest BCUT2D eigenvalue weighted by Gasteiger charge is 1.90. The number of nitrogens with one attached hydrogen (secondary N) is 1. The molecule has 0 heterocycles. The van der Waals surface area contributed by atoms with E-state index >= 15 is 0 Å². The zero-order valence-corrected chi connectivity index (χ0v) is 12.4. The van der Waals surface area contributed by atoms with Gasteiger partial charge in [0.1, 0.15) is 12.4 Å². The Kier molecular flexibility index (Phi) is 8.69. The van der Waals surface area contributed by atoms with Gasteiger partial charge in [-0.05, 0) is 19.1 Å². The minimum absolute atomic E-state index is 0.270. The van der Waals surface area contributed by atoms with E-state index in [0.717, 1.165) is 5.75 Å². The predicted molar refractivity (Wildman–Crippen MR) is 80.0 cm³/mol. The molecular weight excluding hydrogens is 300 g/mol. The summed E-state index contributed by atoms with van der Waals surface area (Å²) < 4.78 is 37.0. The first-order valence-electron chi connectivity index (χ1n) is 5.61. The smallest absolute Gasteiger partial charge is 0.394 e. The molecule has 0 saturated heterocycles. The molecule has 1 aromatic rings. The second-order valence-corrected chi connectivity index (χ2v) is 4.50. The first-order valence-corrected chi connectivity index (χ1v) is 7.01. The molecule has 0 fully saturated rings. The van der Waals surface area contributed by atoms with Gasteiger partial charge in [0, 0.05) is 7.05 Å². The zero-order valence-electron chi connectivity index (χ0n) is 11.6. The van der Waals surface area contributed by atoms with Crippen LogP contribution in [-0.2, 0) is 10.4 Å². The fraction of sp³-hybridized carbons (Fsp3) is 0.273. The monoisotopic (exact) mass is 318 g/mol. The lowest BCUT2D eigenvalue weighted by Gasteiger charge is -2.02. The van der Waals surface area contributed by atoms with Crippen LogP contribution in [0.2, 0.25) is 0 Å². The average molecular weight is 318 g/mol. The summed E-state index contributed by atoms with van der Waals surface area (Å²) in [6, 6.07) is 7.82. The number of nitrogens with two attached hydrogens (primary N) is 1. The maximum atomic E-state index is 8.74. The van der Waals surface area contributed by atoms with Crippen LogP contribution in [0.4, 0.5) is 0 Å². The number of hydrogen-bond donors (Lipinski definition) is 4. The number of aryl methyl sites for hydroxylation is 1. The van der Waals surface area contributed by atoms with Gasteiger partial charge in [0.05, 0.1) is 6.21 Å². The standard InChI is InChI=1S/C11H16N4O.H2O4S/c1-9-3-5-10(6-4-9)16-8-7-14-15-11(12)13-2;1-5(2,3)4/h3-7H,8H2,1-2H3,(H3,12,13,15);(H2,1,2,3,4). The molecule has 0 atom stereocenters. The van der Waals surface area contributed by atoms with Gasteiger partial charge < -0.3 is 10.5 Å². The van der Waals surface area contributed by atoms with E-state index < -0.39 is 10.4 Å². The third-order valence-corrected chi connectivity index (χ3v) is 1.86. The van der Waals surface area contributed by atoms with Crippen molar-refractivity contribution in [3.05, 3.63) is 29.8 Å². The summed E-state index contributed by atoms with van der Waals surface area (Å²) in [6.07, 6.45) is 1.58. The summed E-state index contributed by atoms with van der Waals surface area (Å²) in [7, 11) is -3.08. The topological polar surface area (TPSA) is 147 Å². The first kappa shape index (κ1) is 18.8. The molecule has 10 heteroatoms. The highest BCUT2D eigenvalue weighted by atomic mass is 32.3. The highest BCUT2D eigenvalue weighted by molar-refractivity contribution is 7.79. The van der Waals surface area contributed by atoms with Gasteiger partial charge in [-0.25, -0.2) is 5.43 Å². The van der Waals surface area contributed by atoms with Crippen LogP contribution in [-0.4, -0.2) is 43.4 Å². The molecule has 0 aliphatic heterocycles. The molecule has 0 aliphatic rings. The Hall–Kier alpha value is -2.17. The minimum atomic E-state index is -4.67. The number of rotatable bonds is 4. The van der Waals surface area contributed by atoms with Gasteiger partial charge in [0.15, 0.2) is 0 Å². The van der Waals surface area contributed by atoms with Crippen molar-refractivity contribution >= 4 is 22.6 Å². The lowest BCUT2D eigenvalue weighted by molar-refractivity contribution is 0.379. The number of guanidine groups is 1. The summed E-state index contributed by atoms with van der Waals surface area (Å²) in [5, 5.41) is 3.82. The Bertz CT molecular complexity index is 561. The SMILES string of the molecule is CN=C(N)NN=CCOc1ccc(C)cc1.O=S(=O)(O)O. The van der Waals surface area contributed by atoms with Crippen LogP contribution >= 0.6 is 0 Å². The Labute approximate surface area is 123 Å². The minimum Gasteiger partial charge on any atom is -0.488 e. The maximum absolute atomic E-state index is 8.74. The van der Waals surface area contributed by atoms with Gasteiger partial charge in [0.25, 0.3) is 0 Å². The maximum Gasteiger partial charge on any atom is 0.394 e. The average Bonchev–Trinajstić information content (AvgIpc) is 2.38. The molecule has 0 aliphatic carbocycles. The van der Waals surface area contributed by atoms with Gasteiger partial charge in [-0.3, -0.25) is 14.1 Å². The molecule has 0 spiro atoms. The molecule has 118 valence electrons. The molecule has 1 rings (SSSR count). The van der Waals surface area contributed by atoms with Crippen molar-refractivity contribution in [3.63, 3.8) is 0 Å². The Balaban J connectivity index is 0.000000690. The summed E-state index contributed by atoms with van der Waals surface area (Å²) in [5.74, 6) is 1.08. The van der Waals surface area contributed by atoms with E-state index in [1.54, 1.807) is 13.3 Å². The number of nitrogens with zero attached hydrogens (tertiary/aromatic N) is 2. The van der Waals surface area contributed by atoms with Crippen LogP contribution in [0.15, 0.2) is 34.4 Å². The largest absolute Gasteiger partial charge is 0.488 e. The van der Waals surface area contributed by atoms with Crippen LogP contribution in [0.5, 0.6) is 5.75 Å². The van der Waals surface area contributed by atoms with Crippen molar-refractivity contribution in [2.75, 3.05) is 13.7 Å². The number of ether oxygens (including phenoxy) is 1. The summed E-state index contributed by atoms with van der Waals surface area (Å²) in [6.45, 7) is 2.41. The van der Waals surface area contributed by atoms with Crippen molar-refractivity contribution in [3.8, 4) is 5.75 Å². The fourth-order valence-corrected chi connectivity index (χ4v) is 0.967. The van der Waals surface area contributed by atoms with Crippen molar-refractivity contribution in [2.45, 2.75) is 6.92 Å². The van der Waals surface area contributed by atoms with Crippen molar-refractivity contribution in [1.82, 2.24) is 5.43 Å². The lowest BCUT2D eigenvalue weighted by Crippen LogP contribution is -2.27. The second kappa shape index (κ2) is 9.69. The van der Waals surface area contributed by atoms with Gasteiger partial charge in [-0.15, -0.1) is 0 Å². The van der Waals surface area contributed by atoms with Gasteiger partial charge >= 0.3 is 10.4 Å². The van der Waals surface area contributed by atoms with Crippen LogP contribution in [0.1, 0.15) is 5.56 Å². The van der Waals surface area contributed by atoms with E-state index in [1.807, 2.05) is 31.2 Å². The van der Waals surface area contributed by atoms with Crippen molar-refractivity contribution in [2.24, 2.45) is 15.8 Å². The molecule has 0 saturated carbocycles. The Morgan fingerprint density at radius 3 is 2.38 bits per heavy atom. The third-order valence-electron chi connectivity index (χ3n) is 1.86. The van der Waals surface area contributed by atoms with Crippen LogP contribution in [0.3, 0.4) is 0 Å². The molecule has 21 heavy (non-hydrogen) atoms. The lowest BCUT2D eigenvalue weighted by atomic mass is 10.2. The highest BCUT2D eigenvalue weighted by Crippen LogP contribution is 2.10. The fourth-order valence-electron chi connectivity index (χ4n) is 0.967. The molecule has 5 N–H and O–H groups in total. The molecular formula is C11H18N4O5S. The molecule has 0 amide bonds. The molecule has 9 nitrogen and oxygen atoms in total. The molecule has 0 bridgehead atoms. The Morgan fingerprint density at radius 2 is 1.90 bits per heavy atom. The van der Waals surface area contributed by atoms with E-state index in [2.05, 4.69) is 15.5 Å². The Morgan fingerprint density at radius 1 is 1.38 bits per heavy atom. The van der Waals surface area contributed by atoms with Crippen molar-refractivity contribution in [1.29, 1.82) is 0 Å². The number of benzene rings is 1. The quantitative estimate of drug-likeness (QED) is 0.269. The van der Waals surface area contributed by atoms with Crippen LogP contribution < -0.4 is 15.9 Å². The van der Waals surface area contributed by atoms with E-state index in [-0.39, 0.29) is 5.96 Å². The number of hydrogen-bond acceptors (Lipinski definition) is 5. The van der Waals surface area contributed by atoms with Crippen LogP contribution in [0, 0.1) is 6.92 Å². The van der Waals surface area contributed by atoms with E-state index in [0.29, 0.717) is 6.61 Å². The van der Waals surface area contributed by atoms with E-state index in [1.165, 1.54) is 5.56 Å². The third kappa shape index (κ3) is 14.1. The second-order valence-electron chi connectivity index (χ2n) is 3.60. The van der Waals surface area contributed by atoms with Gasteiger partial charge in [-0.1, -0.05) is 17.7 Å². The number of aliphatic imine (C=N–C) groups is 1. The molecule has 0 radical (unpaired) electrons. The summed E-state index contributed by atoms with van der Waals surface area (Å²) >= 11 is 0. The normalized spacial score (nSPS) is 11.7. The van der Waals surface area contributed by atoms with Crippen LogP contribution in [0.25, 0.3) is 0 Å². The predicted octanol–water partition coefficient (Wildman–Crippen LogP) is 0.241. The summed E-state index contributed by atoms with van der Waals surface area (Å²) in [4.78, 5) is 3.68. The van der Waals surface area contributed by atoms with Gasteiger partial charge in [0.2, 0.25) is 5.96 Å². The van der Waals surface area contributed by atoms with E-state index in [9.17, 15) is 0 Å². The van der Waals surface area contributed by atoms with Gasteiger partial charge in [-0.2, -0.15) is 13.5 Å².